The lowest BCUT2D eigenvalue weighted by molar-refractivity contribution is -0.121. The first-order valence-corrected chi connectivity index (χ1v) is 9.67. The Morgan fingerprint density at radius 1 is 1.04 bits per heavy atom. The van der Waals surface area contributed by atoms with E-state index in [4.69, 9.17) is 4.74 Å². The summed E-state index contributed by atoms with van der Waals surface area (Å²) in [5.74, 6) is 0.728. The number of aryl methyl sites for hydroxylation is 1. The molecule has 5 nitrogen and oxygen atoms in total. The number of carbonyl (C=O) groups excluding carboxylic acids is 2. The van der Waals surface area contributed by atoms with Gasteiger partial charge in [0.25, 0.3) is 0 Å². The van der Waals surface area contributed by atoms with Crippen LogP contribution >= 0.6 is 0 Å². The van der Waals surface area contributed by atoms with Crippen molar-refractivity contribution < 1.29 is 14.3 Å². The van der Waals surface area contributed by atoms with Gasteiger partial charge in [-0.05, 0) is 51.2 Å². The summed E-state index contributed by atoms with van der Waals surface area (Å²) in [4.78, 5) is 26.6. The summed E-state index contributed by atoms with van der Waals surface area (Å²) in [6.45, 7) is 4.98. The van der Waals surface area contributed by atoms with Crippen LogP contribution in [0.2, 0.25) is 0 Å². The minimum atomic E-state index is -0.111. The second-order valence-electron chi connectivity index (χ2n) is 7.02. The Kier molecular flexibility index (Phi) is 8.20. The molecule has 0 fully saturated rings. The van der Waals surface area contributed by atoms with Gasteiger partial charge in [0.1, 0.15) is 5.75 Å². The molecule has 0 radical (unpaired) electrons. The van der Waals surface area contributed by atoms with Crippen LogP contribution in [0.5, 0.6) is 5.75 Å². The van der Waals surface area contributed by atoms with Crippen molar-refractivity contribution in [3.05, 3.63) is 65.2 Å². The second-order valence-corrected chi connectivity index (χ2v) is 7.02. The Hall–Kier alpha value is -2.66. The largest absolute Gasteiger partial charge is 0.494 e. The van der Waals surface area contributed by atoms with E-state index in [1.54, 1.807) is 0 Å². The molecular formula is C23H30N2O3. The van der Waals surface area contributed by atoms with Gasteiger partial charge in [-0.25, -0.2) is 0 Å². The van der Waals surface area contributed by atoms with Gasteiger partial charge in [0, 0.05) is 24.9 Å². The number of Topliss-reactive ketones (excluding diaryl/α,β-unsaturated/α-hetero) is 1. The highest BCUT2D eigenvalue weighted by molar-refractivity contribution is 5.99. The number of ketones is 1. The van der Waals surface area contributed by atoms with Gasteiger partial charge in [-0.2, -0.15) is 0 Å². The SMILES string of the molecule is CCOc1ccc(C(CNC(=O)CCC(=O)c2ccccc2C)N(C)C)cc1. The number of amides is 1. The van der Waals surface area contributed by atoms with Gasteiger partial charge in [-0.3, -0.25) is 9.59 Å². The van der Waals surface area contributed by atoms with Crippen molar-refractivity contribution in [2.24, 2.45) is 0 Å². The van der Waals surface area contributed by atoms with Crippen LogP contribution in [0.4, 0.5) is 0 Å². The minimum absolute atomic E-state index is 0.00363. The molecule has 0 aromatic heterocycles. The molecule has 2 aromatic carbocycles. The third-order valence-corrected chi connectivity index (χ3v) is 4.72. The Labute approximate surface area is 167 Å². The Morgan fingerprint density at radius 2 is 1.71 bits per heavy atom. The van der Waals surface area contributed by atoms with Crippen molar-refractivity contribution in [2.45, 2.75) is 32.7 Å². The van der Waals surface area contributed by atoms with Gasteiger partial charge in [0.15, 0.2) is 5.78 Å². The zero-order valence-corrected chi connectivity index (χ0v) is 17.2. The smallest absolute Gasteiger partial charge is 0.220 e. The molecule has 2 aromatic rings. The van der Waals surface area contributed by atoms with E-state index in [2.05, 4.69) is 10.2 Å². The first-order chi connectivity index (χ1) is 13.4. The van der Waals surface area contributed by atoms with E-state index in [0.717, 1.165) is 16.9 Å². The lowest BCUT2D eigenvalue weighted by Gasteiger charge is -2.25. The molecule has 0 aliphatic rings. The van der Waals surface area contributed by atoms with Crippen molar-refractivity contribution >= 4 is 11.7 Å². The fourth-order valence-corrected chi connectivity index (χ4v) is 3.10. The maximum Gasteiger partial charge on any atom is 0.220 e. The Balaban J connectivity index is 1.88. The molecular weight excluding hydrogens is 352 g/mol. The maximum atomic E-state index is 12.3. The van der Waals surface area contributed by atoms with E-state index in [1.807, 2.05) is 76.5 Å². The monoisotopic (exact) mass is 382 g/mol. The van der Waals surface area contributed by atoms with E-state index >= 15 is 0 Å². The number of rotatable bonds is 10. The van der Waals surface area contributed by atoms with Crippen LogP contribution in [-0.2, 0) is 4.79 Å². The average Bonchev–Trinajstić information content (AvgIpc) is 2.68. The molecule has 1 amide bonds. The summed E-state index contributed by atoms with van der Waals surface area (Å²) < 4.78 is 5.48. The van der Waals surface area contributed by atoms with Crippen molar-refractivity contribution in [1.82, 2.24) is 10.2 Å². The Bertz CT molecular complexity index is 785. The van der Waals surface area contributed by atoms with Gasteiger partial charge in [0.2, 0.25) is 5.91 Å². The van der Waals surface area contributed by atoms with Gasteiger partial charge in [-0.1, -0.05) is 36.4 Å². The van der Waals surface area contributed by atoms with Crippen LogP contribution in [0.25, 0.3) is 0 Å². The number of hydrogen-bond acceptors (Lipinski definition) is 4. The summed E-state index contributed by atoms with van der Waals surface area (Å²) in [5, 5.41) is 2.96. The van der Waals surface area contributed by atoms with E-state index in [9.17, 15) is 9.59 Å². The summed E-state index contributed by atoms with van der Waals surface area (Å²) in [7, 11) is 3.96. The second kappa shape index (κ2) is 10.6. The highest BCUT2D eigenvalue weighted by atomic mass is 16.5. The summed E-state index contributed by atoms with van der Waals surface area (Å²) in [5.41, 5.74) is 2.73. The molecule has 0 bridgehead atoms. The van der Waals surface area contributed by atoms with Gasteiger partial charge < -0.3 is 15.0 Å². The molecule has 5 heteroatoms. The van der Waals surface area contributed by atoms with Crippen LogP contribution in [0.15, 0.2) is 48.5 Å². The molecule has 0 aliphatic heterocycles. The summed E-state index contributed by atoms with van der Waals surface area (Å²) in [6.07, 6.45) is 0.406. The molecule has 1 atom stereocenters. The fourth-order valence-electron chi connectivity index (χ4n) is 3.10. The lowest BCUT2D eigenvalue weighted by Crippen LogP contribution is -2.34. The topological polar surface area (TPSA) is 58.6 Å². The Morgan fingerprint density at radius 3 is 2.32 bits per heavy atom. The highest BCUT2D eigenvalue weighted by Gasteiger charge is 2.16. The molecule has 150 valence electrons. The lowest BCUT2D eigenvalue weighted by atomic mass is 10.0. The van der Waals surface area contributed by atoms with Gasteiger partial charge in [0.05, 0.1) is 12.6 Å². The van der Waals surface area contributed by atoms with E-state index in [-0.39, 0.29) is 30.6 Å². The van der Waals surface area contributed by atoms with Crippen molar-refractivity contribution in [2.75, 3.05) is 27.2 Å². The zero-order chi connectivity index (χ0) is 20.5. The molecule has 0 aliphatic carbocycles. The van der Waals surface area contributed by atoms with Crippen molar-refractivity contribution in [3.63, 3.8) is 0 Å². The van der Waals surface area contributed by atoms with E-state index in [1.165, 1.54) is 0 Å². The first kappa shape index (κ1) is 21.6. The zero-order valence-electron chi connectivity index (χ0n) is 17.2. The highest BCUT2D eigenvalue weighted by Crippen LogP contribution is 2.21. The quantitative estimate of drug-likeness (QED) is 0.636. The number of nitrogens with zero attached hydrogens (tertiary/aromatic N) is 1. The van der Waals surface area contributed by atoms with Crippen LogP contribution < -0.4 is 10.1 Å². The number of hydrogen-bond donors (Lipinski definition) is 1. The molecule has 2 rings (SSSR count). The van der Waals surface area contributed by atoms with Crippen molar-refractivity contribution in [1.29, 1.82) is 0 Å². The van der Waals surface area contributed by atoms with E-state index < -0.39 is 0 Å². The molecule has 0 saturated carbocycles. The minimum Gasteiger partial charge on any atom is -0.494 e. The van der Waals surface area contributed by atoms with Gasteiger partial charge >= 0.3 is 0 Å². The summed E-state index contributed by atoms with van der Waals surface area (Å²) in [6, 6.07) is 15.4. The molecule has 0 saturated heterocycles. The van der Waals surface area contributed by atoms with Crippen LogP contribution in [0.3, 0.4) is 0 Å². The normalized spacial score (nSPS) is 11.9. The fraction of sp³-hybridized carbons (Fsp3) is 0.391. The number of likely N-dealkylation sites (N-methyl/N-ethyl adjacent to an activating group) is 1. The average molecular weight is 383 g/mol. The molecule has 28 heavy (non-hydrogen) atoms. The van der Waals surface area contributed by atoms with Gasteiger partial charge in [-0.15, -0.1) is 0 Å². The summed E-state index contributed by atoms with van der Waals surface area (Å²) >= 11 is 0. The van der Waals surface area contributed by atoms with Crippen molar-refractivity contribution in [3.8, 4) is 5.75 Å². The maximum absolute atomic E-state index is 12.3. The molecule has 1 unspecified atom stereocenters. The van der Waals surface area contributed by atoms with Crippen LogP contribution in [0, 0.1) is 6.92 Å². The van der Waals surface area contributed by atoms with E-state index in [0.29, 0.717) is 18.7 Å². The van der Waals surface area contributed by atoms with Crippen LogP contribution in [0.1, 0.15) is 47.3 Å². The number of ether oxygens (including phenoxy) is 1. The third kappa shape index (κ3) is 6.20. The molecule has 1 N–H and O–H groups in total. The predicted molar refractivity (Wildman–Crippen MR) is 112 cm³/mol. The third-order valence-electron chi connectivity index (χ3n) is 4.72. The molecule has 0 spiro atoms. The standard InChI is InChI=1S/C23H30N2O3/c1-5-28-19-12-10-18(11-13-19)21(25(3)4)16-24-23(27)15-14-22(26)20-9-7-6-8-17(20)2/h6-13,21H,5,14-16H2,1-4H3,(H,24,27). The molecule has 0 heterocycles. The number of carbonyl (C=O) groups is 2. The predicted octanol–water partition coefficient (Wildman–Crippen LogP) is 3.78. The first-order valence-electron chi connectivity index (χ1n) is 9.67. The number of benzene rings is 2. The van der Waals surface area contributed by atoms with Crippen LogP contribution in [-0.4, -0.2) is 43.8 Å². The number of nitrogens with one attached hydrogen (secondary N) is 1.